The SMILES string of the molecule is CC(C)CN(Cc1nc2cc(N)ccc2o1)C1CC1. The Morgan fingerprint density at radius 3 is 2.89 bits per heavy atom. The lowest BCUT2D eigenvalue weighted by atomic mass is 10.2. The number of aromatic nitrogens is 1. The van der Waals surface area contributed by atoms with Gasteiger partial charge >= 0.3 is 0 Å². The maximum absolute atomic E-state index is 5.80. The van der Waals surface area contributed by atoms with E-state index in [1.807, 2.05) is 18.2 Å². The van der Waals surface area contributed by atoms with E-state index in [-0.39, 0.29) is 0 Å². The maximum atomic E-state index is 5.80. The van der Waals surface area contributed by atoms with E-state index in [1.165, 1.54) is 12.8 Å². The molecule has 4 nitrogen and oxygen atoms in total. The highest BCUT2D eigenvalue weighted by Gasteiger charge is 2.30. The summed E-state index contributed by atoms with van der Waals surface area (Å²) in [7, 11) is 0. The van der Waals surface area contributed by atoms with Gasteiger partial charge in [-0.25, -0.2) is 4.98 Å². The highest BCUT2D eigenvalue weighted by molar-refractivity contribution is 5.76. The van der Waals surface area contributed by atoms with Crippen LogP contribution in [-0.4, -0.2) is 22.5 Å². The summed E-state index contributed by atoms with van der Waals surface area (Å²) in [4.78, 5) is 7.03. The number of oxazole rings is 1. The summed E-state index contributed by atoms with van der Waals surface area (Å²) in [5, 5.41) is 0. The van der Waals surface area contributed by atoms with Gasteiger partial charge in [-0.2, -0.15) is 0 Å². The Morgan fingerprint density at radius 1 is 1.42 bits per heavy atom. The fraction of sp³-hybridized carbons (Fsp3) is 0.533. The lowest BCUT2D eigenvalue weighted by Gasteiger charge is -2.22. The van der Waals surface area contributed by atoms with Crippen molar-refractivity contribution in [2.24, 2.45) is 5.92 Å². The van der Waals surface area contributed by atoms with Crippen molar-refractivity contribution in [3.8, 4) is 0 Å². The van der Waals surface area contributed by atoms with Gasteiger partial charge in [0.05, 0.1) is 6.54 Å². The maximum Gasteiger partial charge on any atom is 0.209 e. The first-order valence-electron chi connectivity index (χ1n) is 7.01. The number of hydrogen-bond donors (Lipinski definition) is 1. The Morgan fingerprint density at radius 2 is 2.21 bits per heavy atom. The van der Waals surface area contributed by atoms with Gasteiger partial charge in [0, 0.05) is 18.3 Å². The molecule has 4 heteroatoms. The second-order valence-electron chi connectivity index (χ2n) is 5.89. The predicted octanol–water partition coefficient (Wildman–Crippen LogP) is 3.03. The molecule has 0 saturated heterocycles. The van der Waals surface area contributed by atoms with Gasteiger partial charge in [0.1, 0.15) is 5.52 Å². The van der Waals surface area contributed by atoms with Gasteiger partial charge in [-0.05, 0) is 37.0 Å². The third kappa shape index (κ3) is 2.89. The molecular formula is C15H21N3O. The number of hydrogen-bond acceptors (Lipinski definition) is 4. The largest absolute Gasteiger partial charge is 0.439 e. The zero-order valence-corrected chi connectivity index (χ0v) is 11.6. The average Bonchev–Trinajstić information content (AvgIpc) is 3.10. The van der Waals surface area contributed by atoms with Crippen LogP contribution < -0.4 is 5.73 Å². The normalized spacial score (nSPS) is 15.8. The van der Waals surface area contributed by atoms with Crippen LogP contribution in [0.3, 0.4) is 0 Å². The molecule has 0 unspecified atom stereocenters. The minimum atomic E-state index is 0.667. The zero-order valence-electron chi connectivity index (χ0n) is 11.6. The van der Waals surface area contributed by atoms with Gasteiger partial charge in [-0.1, -0.05) is 13.8 Å². The van der Waals surface area contributed by atoms with Crippen LogP contribution in [0.2, 0.25) is 0 Å². The van der Waals surface area contributed by atoms with Crippen LogP contribution in [0.4, 0.5) is 5.69 Å². The van der Waals surface area contributed by atoms with Crippen LogP contribution in [0.15, 0.2) is 22.6 Å². The molecule has 3 rings (SSSR count). The van der Waals surface area contributed by atoms with E-state index in [2.05, 4.69) is 23.7 Å². The number of nitrogen functional groups attached to an aromatic ring is 1. The summed E-state index contributed by atoms with van der Waals surface area (Å²) in [5.74, 6) is 1.47. The summed E-state index contributed by atoms with van der Waals surface area (Å²) in [6.07, 6.45) is 2.61. The molecule has 2 aromatic rings. The third-order valence-electron chi connectivity index (χ3n) is 3.46. The first kappa shape index (κ1) is 12.5. The second kappa shape index (κ2) is 4.85. The molecule has 0 amide bonds. The third-order valence-corrected chi connectivity index (χ3v) is 3.46. The number of nitrogens with two attached hydrogens (primary N) is 1. The first-order chi connectivity index (χ1) is 9.11. The van der Waals surface area contributed by atoms with Crippen molar-refractivity contribution < 1.29 is 4.42 Å². The molecule has 1 aliphatic carbocycles. The molecule has 0 atom stereocenters. The molecule has 0 bridgehead atoms. The summed E-state index contributed by atoms with van der Waals surface area (Å²) in [5.41, 5.74) is 8.18. The Kier molecular flexibility index (Phi) is 3.19. The summed E-state index contributed by atoms with van der Waals surface area (Å²) in [6, 6.07) is 6.34. The van der Waals surface area contributed by atoms with E-state index in [0.29, 0.717) is 5.92 Å². The molecule has 1 fully saturated rings. The standard InChI is InChI=1S/C15H21N3O/c1-10(2)8-18(12-4-5-12)9-15-17-13-7-11(16)3-6-14(13)19-15/h3,6-7,10,12H,4-5,8-9,16H2,1-2H3. The van der Waals surface area contributed by atoms with E-state index in [1.54, 1.807) is 0 Å². The molecule has 102 valence electrons. The second-order valence-corrected chi connectivity index (χ2v) is 5.89. The number of rotatable bonds is 5. The van der Waals surface area contributed by atoms with E-state index in [4.69, 9.17) is 10.2 Å². The molecule has 0 radical (unpaired) electrons. The van der Waals surface area contributed by atoms with Gasteiger partial charge in [-0.3, -0.25) is 4.90 Å². The van der Waals surface area contributed by atoms with Crippen molar-refractivity contribution in [1.82, 2.24) is 9.88 Å². The van der Waals surface area contributed by atoms with Crippen LogP contribution in [0.5, 0.6) is 0 Å². The topological polar surface area (TPSA) is 55.3 Å². The van der Waals surface area contributed by atoms with Crippen LogP contribution >= 0.6 is 0 Å². The Hall–Kier alpha value is -1.55. The van der Waals surface area contributed by atoms with Gasteiger partial charge < -0.3 is 10.2 Å². The van der Waals surface area contributed by atoms with Crippen molar-refractivity contribution in [2.45, 2.75) is 39.3 Å². The summed E-state index contributed by atoms with van der Waals surface area (Å²) in [6.45, 7) is 6.41. The molecule has 2 N–H and O–H groups in total. The fourth-order valence-corrected chi connectivity index (χ4v) is 2.48. The lowest BCUT2D eigenvalue weighted by molar-refractivity contribution is 0.207. The Labute approximate surface area is 113 Å². The molecule has 1 saturated carbocycles. The fourth-order valence-electron chi connectivity index (χ4n) is 2.48. The van der Waals surface area contributed by atoms with Crippen molar-refractivity contribution in [2.75, 3.05) is 12.3 Å². The molecule has 0 spiro atoms. The van der Waals surface area contributed by atoms with E-state index in [9.17, 15) is 0 Å². The summed E-state index contributed by atoms with van der Waals surface area (Å²) < 4.78 is 5.80. The van der Waals surface area contributed by atoms with Gasteiger partial charge in [-0.15, -0.1) is 0 Å². The highest BCUT2D eigenvalue weighted by atomic mass is 16.3. The van der Waals surface area contributed by atoms with Crippen LogP contribution in [0, 0.1) is 5.92 Å². The molecule has 1 heterocycles. The van der Waals surface area contributed by atoms with Crippen molar-refractivity contribution >= 4 is 16.8 Å². The van der Waals surface area contributed by atoms with Crippen LogP contribution in [0.25, 0.3) is 11.1 Å². The molecule has 0 aliphatic heterocycles. The Bertz CT molecular complexity index is 572. The number of fused-ring (bicyclic) bond motifs is 1. The van der Waals surface area contributed by atoms with Gasteiger partial charge in [0.25, 0.3) is 0 Å². The number of anilines is 1. The highest BCUT2D eigenvalue weighted by Crippen LogP contribution is 2.29. The zero-order chi connectivity index (χ0) is 13.4. The smallest absolute Gasteiger partial charge is 0.209 e. The predicted molar refractivity (Wildman–Crippen MR) is 76.7 cm³/mol. The van der Waals surface area contributed by atoms with E-state index < -0.39 is 0 Å². The Balaban J connectivity index is 1.79. The van der Waals surface area contributed by atoms with Gasteiger partial charge in [0.2, 0.25) is 5.89 Å². The van der Waals surface area contributed by atoms with Gasteiger partial charge in [0.15, 0.2) is 5.58 Å². The summed E-state index contributed by atoms with van der Waals surface area (Å²) >= 11 is 0. The molecule has 1 aromatic heterocycles. The van der Waals surface area contributed by atoms with Crippen molar-refractivity contribution in [1.29, 1.82) is 0 Å². The molecular weight excluding hydrogens is 238 g/mol. The minimum Gasteiger partial charge on any atom is -0.439 e. The minimum absolute atomic E-state index is 0.667. The molecule has 1 aromatic carbocycles. The van der Waals surface area contributed by atoms with E-state index in [0.717, 1.165) is 41.8 Å². The lowest BCUT2D eigenvalue weighted by Crippen LogP contribution is -2.29. The number of benzene rings is 1. The van der Waals surface area contributed by atoms with Crippen molar-refractivity contribution in [3.63, 3.8) is 0 Å². The first-order valence-corrected chi connectivity index (χ1v) is 7.01. The van der Waals surface area contributed by atoms with Crippen LogP contribution in [0.1, 0.15) is 32.6 Å². The quantitative estimate of drug-likeness (QED) is 0.839. The number of nitrogens with zero attached hydrogens (tertiary/aromatic N) is 2. The average molecular weight is 259 g/mol. The molecule has 19 heavy (non-hydrogen) atoms. The van der Waals surface area contributed by atoms with E-state index >= 15 is 0 Å². The molecule has 1 aliphatic rings. The van der Waals surface area contributed by atoms with Crippen molar-refractivity contribution in [3.05, 3.63) is 24.1 Å². The van der Waals surface area contributed by atoms with Crippen LogP contribution in [-0.2, 0) is 6.54 Å². The monoisotopic (exact) mass is 259 g/mol.